The summed E-state index contributed by atoms with van der Waals surface area (Å²) in [5.74, 6) is 0.480. The second-order valence-electron chi connectivity index (χ2n) is 2.84. The number of ether oxygens (including phenoxy) is 1. The summed E-state index contributed by atoms with van der Waals surface area (Å²) in [6.45, 7) is 0. The summed E-state index contributed by atoms with van der Waals surface area (Å²) in [6.07, 6.45) is 0. The predicted octanol–water partition coefficient (Wildman–Crippen LogP) is -0.478. The van der Waals surface area contributed by atoms with Crippen molar-refractivity contribution in [3.05, 3.63) is 46.8 Å². The second kappa shape index (κ2) is 5.95. The number of furan rings is 1. The molecule has 2 aromatic rings. The molecule has 0 saturated carbocycles. The number of benzene rings is 1. The zero-order chi connectivity index (χ0) is 10.7. The van der Waals surface area contributed by atoms with Gasteiger partial charge in [0.2, 0.25) is 0 Å². The van der Waals surface area contributed by atoms with Crippen molar-refractivity contribution in [1.82, 2.24) is 0 Å². The Balaban J connectivity index is 0.00000128. The van der Waals surface area contributed by atoms with Crippen molar-refractivity contribution in [2.24, 2.45) is 0 Å². The van der Waals surface area contributed by atoms with Gasteiger partial charge in [-0.05, 0) is 12.1 Å². The van der Waals surface area contributed by atoms with Crippen molar-refractivity contribution in [1.29, 1.82) is 0 Å². The Bertz CT molecular complexity index is 489. The number of rotatable bonds is 3. The molecule has 1 heterocycles. The zero-order valence-corrected chi connectivity index (χ0v) is 9.91. The first-order valence-corrected chi connectivity index (χ1v) is 5.19. The van der Waals surface area contributed by atoms with Crippen LogP contribution in [0.1, 0.15) is 0 Å². The van der Waals surface area contributed by atoms with E-state index >= 15 is 0 Å². The molecule has 0 N–H and O–H groups in total. The van der Waals surface area contributed by atoms with E-state index in [0.717, 1.165) is 4.90 Å². The molecule has 1 aromatic heterocycles. The molecule has 78 valence electrons. The van der Waals surface area contributed by atoms with E-state index in [4.69, 9.17) is 9.15 Å². The first kappa shape index (κ1) is 13.1. The minimum Gasteiger partial charge on any atom is -0.543 e. The molecule has 0 fully saturated rings. The third-order valence-corrected chi connectivity index (χ3v) is 2.79. The Morgan fingerprint density at radius 1 is 1.31 bits per heavy atom. The van der Waals surface area contributed by atoms with E-state index in [1.807, 2.05) is 30.3 Å². The average molecular weight is 228 g/mol. The van der Waals surface area contributed by atoms with Gasteiger partial charge in [0.05, 0.1) is 18.0 Å². The van der Waals surface area contributed by atoms with E-state index in [1.165, 1.54) is 24.9 Å². The van der Waals surface area contributed by atoms with Gasteiger partial charge in [-0.15, -0.1) is 11.8 Å². The SMILES string of the molecule is COc1cc(=O)o[c-]1Sc1ccccc1.[Li+]. The third-order valence-electron chi connectivity index (χ3n) is 1.82. The summed E-state index contributed by atoms with van der Waals surface area (Å²) >= 11 is 1.37. The first-order valence-electron chi connectivity index (χ1n) is 4.37. The molecular weight excluding hydrogens is 219 g/mol. The normalized spacial score (nSPS) is 9.56. The van der Waals surface area contributed by atoms with Crippen LogP contribution in [0.5, 0.6) is 5.75 Å². The van der Waals surface area contributed by atoms with Gasteiger partial charge in [-0.1, -0.05) is 24.3 Å². The molecule has 16 heavy (non-hydrogen) atoms. The second-order valence-corrected chi connectivity index (χ2v) is 3.88. The quantitative estimate of drug-likeness (QED) is 0.525. The van der Waals surface area contributed by atoms with Gasteiger partial charge >= 0.3 is 18.9 Å². The fourth-order valence-electron chi connectivity index (χ4n) is 1.15. The van der Waals surface area contributed by atoms with Gasteiger partial charge in [0.1, 0.15) is 0 Å². The first-order chi connectivity index (χ1) is 7.29. The van der Waals surface area contributed by atoms with Gasteiger partial charge in [0.15, 0.2) is 5.63 Å². The van der Waals surface area contributed by atoms with Gasteiger partial charge in [-0.2, -0.15) is 0 Å². The standard InChI is InChI=1S/C11H9O3S.Li/c1-13-9-7-10(12)14-11(9)15-8-5-3-2-4-6-8;/h2-7H,1H3;/q-1;+1. The average Bonchev–Trinajstić information content (AvgIpc) is 2.60. The third kappa shape index (κ3) is 3.02. The van der Waals surface area contributed by atoms with Crippen molar-refractivity contribution < 1.29 is 28.0 Å². The molecule has 0 aliphatic rings. The van der Waals surface area contributed by atoms with E-state index in [0.29, 0.717) is 10.8 Å². The number of hydrogen-bond acceptors (Lipinski definition) is 4. The fourth-order valence-corrected chi connectivity index (χ4v) is 2.02. The molecule has 2 rings (SSSR count). The van der Waals surface area contributed by atoms with E-state index < -0.39 is 0 Å². The molecule has 5 heteroatoms. The Labute approximate surface area is 109 Å². The van der Waals surface area contributed by atoms with E-state index in [9.17, 15) is 4.79 Å². The summed E-state index contributed by atoms with van der Waals surface area (Å²) in [6, 6.07) is 11.0. The molecule has 0 radical (unpaired) electrons. The molecule has 0 amide bonds. The van der Waals surface area contributed by atoms with Crippen LogP contribution in [-0.2, 0) is 0 Å². The molecule has 0 saturated heterocycles. The van der Waals surface area contributed by atoms with Crippen LogP contribution in [0.25, 0.3) is 0 Å². The molecule has 3 nitrogen and oxygen atoms in total. The Hall–Kier alpha value is -0.953. The summed E-state index contributed by atoms with van der Waals surface area (Å²) in [5.41, 5.74) is -0.384. The summed E-state index contributed by atoms with van der Waals surface area (Å²) < 4.78 is 10.0. The summed E-state index contributed by atoms with van der Waals surface area (Å²) in [5, 5.41) is 0.494. The fraction of sp³-hybridized carbons (Fsp3) is 0.0909. The van der Waals surface area contributed by atoms with Gasteiger partial charge in [0.25, 0.3) is 0 Å². The Kier molecular flexibility index (Phi) is 4.88. The van der Waals surface area contributed by atoms with Crippen LogP contribution >= 0.6 is 11.8 Å². The van der Waals surface area contributed by atoms with Gasteiger partial charge < -0.3 is 13.9 Å². The maximum atomic E-state index is 11.0. The Morgan fingerprint density at radius 2 is 2.00 bits per heavy atom. The van der Waals surface area contributed by atoms with Crippen molar-refractivity contribution in [2.45, 2.75) is 9.99 Å². The summed E-state index contributed by atoms with van der Waals surface area (Å²) in [4.78, 5) is 12.0. The van der Waals surface area contributed by atoms with Crippen LogP contribution in [0.15, 0.2) is 55.6 Å². The molecule has 0 atom stereocenters. The molecule has 1 aromatic carbocycles. The van der Waals surface area contributed by atoms with E-state index in [2.05, 4.69) is 0 Å². The Morgan fingerprint density at radius 3 is 2.62 bits per heavy atom. The van der Waals surface area contributed by atoms with Crippen molar-refractivity contribution in [2.75, 3.05) is 7.11 Å². The minimum absolute atomic E-state index is 0. The van der Waals surface area contributed by atoms with Crippen molar-refractivity contribution in [3.63, 3.8) is 0 Å². The van der Waals surface area contributed by atoms with Crippen molar-refractivity contribution >= 4 is 11.8 Å². The van der Waals surface area contributed by atoms with Crippen LogP contribution in [0, 0.1) is 0 Å². The molecule has 0 unspecified atom stereocenters. The predicted molar refractivity (Wildman–Crippen MR) is 57.7 cm³/mol. The van der Waals surface area contributed by atoms with Crippen LogP contribution in [0.4, 0.5) is 0 Å². The maximum Gasteiger partial charge on any atom is 1.00 e. The van der Waals surface area contributed by atoms with Crippen LogP contribution < -0.4 is 29.2 Å². The van der Waals surface area contributed by atoms with Crippen LogP contribution in [-0.4, -0.2) is 7.11 Å². The van der Waals surface area contributed by atoms with Gasteiger partial charge in [-0.25, -0.2) is 0 Å². The van der Waals surface area contributed by atoms with Crippen LogP contribution in [0.2, 0.25) is 0 Å². The molecule has 0 bridgehead atoms. The largest absolute Gasteiger partial charge is 1.00 e. The van der Waals surface area contributed by atoms with Crippen molar-refractivity contribution in [3.8, 4) is 5.75 Å². The zero-order valence-electron chi connectivity index (χ0n) is 9.10. The van der Waals surface area contributed by atoms with Crippen LogP contribution in [0.3, 0.4) is 0 Å². The van der Waals surface area contributed by atoms with Gasteiger partial charge in [-0.3, -0.25) is 0 Å². The number of hydrogen-bond donors (Lipinski definition) is 0. The molecule has 0 aliphatic heterocycles. The number of methoxy groups -OCH3 is 1. The van der Waals surface area contributed by atoms with E-state index in [1.54, 1.807) is 0 Å². The molecular formula is C11H9LiO3S. The molecule has 0 spiro atoms. The topological polar surface area (TPSA) is 39.4 Å². The minimum atomic E-state index is -0.384. The summed E-state index contributed by atoms with van der Waals surface area (Å²) in [7, 11) is 1.51. The monoisotopic (exact) mass is 228 g/mol. The smallest absolute Gasteiger partial charge is 0.543 e. The van der Waals surface area contributed by atoms with E-state index in [-0.39, 0.29) is 24.5 Å². The molecule has 0 aliphatic carbocycles. The van der Waals surface area contributed by atoms with Gasteiger partial charge in [0, 0.05) is 4.90 Å². The maximum absolute atomic E-state index is 11.0.